The maximum atomic E-state index is 14.1. The van der Waals surface area contributed by atoms with Crippen molar-refractivity contribution in [3.63, 3.8) is 0 Å². The number of ether oxygens (including phenoxy) is 1. The van der Waals surface area contributed by atoms with Gasteiger partial charge in [-0.05, 0) is 36.4 Å². The van der Waals surface area contributed by atoms with E-state index in [0.29, 0.717) is 39.2 Å². The summed E-state index contributed by atoms with van der Waals surface area (Å²) >= 11 is 0. The number of para-hydroxylation sites is 2. The van der Waals surface area contributed by atoms with Gasteiger partial charge in [0.05, 0.1) is 35.1 Å². The molecule has 0 bridgehead atoms. The number of carbonyl (C=O) groups excluding carboxylic acids is 1. The Hall–Kier alpha value is -4.85. The first kappa shape index (κ1) is 23.3. The molecule has 1 fully saturated rings. The second-order valence-electron chi connectivity index (χ2n) is 9.71. The smallest absolute Gasteiger partial charge is 0.196 e. The van der Waals surface area contributed by atoms with Crippen LogP contribution in [0.2, 0.25) is 0 Å². The first-order valence-electron chi connectivity index (χ1n) is 12.9. The van der Waals surface area contributed by atoms with Crippen LogP contribution in [0.1, 0.15) is 15.9 Å². The number of carbonyl (C=O) groups is 1. The lowest BCUT2D eigenvalue weighted by Crippen LogP contribution is -2.46. The van der Waals surface area contributed by atoms with Gasteiger partial charge in [0, 0.05) is 43.0 Å². The van der Waals surface area contributed by atoms with Crippen LogP contribution in [0, 0.1) is 5.82 Å². The van der Waals surface area contributed by atoms with E-state index in [4.69, 9.17) is 9.26 Å². The molecule has 0 spiro atoms. The first-order chi connectivity index (χ1) is 19.1. The minimum absolute atomic E-state index is 0.113. The number of fused-ring (bicyclic) bond motifs is 2. The summed E-state index contributed by atoms with van der Waals surface area (Å²) in [7, 11) is 1.69. The molecule has 194 valence electrons. The third-order valence-corrected chi connectivity index (χ3v) is 7.53. The van der Waals surface area contributed by atoms with Crippen LogP contribution in [0.15, 0.2) is 83.4 Å². The number of ketones is 1. The summed E-state index contributed by atoms with van der Waals surface area (Å²) in [5.41, 5.74) is 5.51. The van der Waals surface area contributed by atoms with E-state index < -0.39 is 0 Å². The van der Waals surface area contributed by atoms with E-state index >= 15 is 0 Å². The van der Waals surface area contributed by atoms with Gasteiger partial charge >= 0.3 is 0 Å². The van der Waals surface area contributed by atoms with Gasteiger partial charge in [-0.2, -0.15) is 0 Å². The highest BCUT2D eigenvalue weighted by atomic mass is 19.1. The van der Waals surface area contributed by atoms with Crippen molar-refractivity contribution in [1.82, 2.24) is 5.16 Å². The van der Waals surface area contributed by atoms with Crippen molar-refractivity contribution in [3.8, 4) is 17.1 Å². The van der Waals surface area contributed by atoms with Gasteiger partial charge in [0.1, 0.15) is 17.1 Å². The van der Waals surface area contributed by atoms with Crippen LogP contribution in [-0.4, -0.2) is 44.2 Å². The highest BCUT2D eigenvalue weighted by Crippen LogP contribution is 2.46. The highest BCUT2D eigenvalue weighted by molar-refractivity contribution is 6.28. The topological polar surface area (TPSA) is 70.8 Å². The third-order valence-electron chi connectivity index (χ3n) is 7.53. The van der Waals surface area contributed by atoms with Crippen LogP contribution in [-0.2, 0) is 0 Å². The number of nitrogens with one attached hydrogen (secondary N) is 1. The van der Waals surface area contributed by atoms with Crippen LogP contribution in [0.4, 0.5) is 27.1 Å². The average Bonchev–Trinajstić information content (AvgIpc) is 3.42. The summed E-state index contributed by atoms with van der Waals surface area (Å²) < 4.78 is 25.5. The minimum Gasteiger partial charge on any atom is -0.495 e. The molecule has 7 rings (SSSR count). The number of halogens is 1. The molecule has 1 aliphatic heterocycles. The van der Waals surface area contributed by atoms with Crippen LogP contribution in [0.5, 0.6) is 5.75 Å². The van der Waals surface area contributed by atoms with E-state index in [9.17, 15) is 9.18 Å². The zero-order valence-corrected chi connectivity index (χ0v) is 21.3. The molecule has 5 aromatic rings. The molecule has 0 radical (unpaired) electrons. The summed E-state index contributed by atoms with van der Waals surface area (Å²) in [6, 6.07) is 23.6. The van der Waals surface area contributed by atoms with Crippen molar-refractivity contribution in [2.75, 3.05) is 48.4 Å². The van der Waals surface area contributed by atoms with Crippen LogP contribution >= 0.6 is 0 Å². The summed E-state index contributed by atoms with van der Waals surface area (Å²) in [6.07, 6.45) is 0. The van der Waals surface area contributed by atoms with Crippen LogP contribution in [0.3, 0.4) is 0 Å². The van der Waals surface area contributed by atoms with Crippen molar-refractivity contribution in [1.29, 1.82) is 0 Å². The number of methoxy groups -OCH3 is 1. The quantitative estimate of drug-likeness (QED) is 0.288. The molecular formula is C31H25FN4O3. The lowest BCUT2D eigenvalue weighted by atomic mass is 9.86. The predicted octanol–water partition coefficient (Wildman–Crippen LogP) is 6.26. The van der Waals surface area contributed by atoms with E-state index in [-0.39, 0.29) is 11.6 Å². The van der Waals surface area contributed by atoms with E-state index in [1.54, 1.807) is 25.3 Å². The molecule has 2 aliphatic rings. The Balaban J connectivity index is 1.32. The summed E-state index contributed by atoms with van der Waals surface area (Å²) in [6.45, 7) is 3.03. The first-order valence-corrected chi connectivity index (χ1v) is 12.9. The zero-order valence-electron chi connectivity index (χ0n) is 21.3. The van der Waals surface area contributed by atoms with Crippen molar-refractivity contribution in [3.05, 3.63) is 95.8 Å². The van der Waals surface area contributed by atoms with Crippen molar-refractivity contribution in [2.24, 2.45) is 0 Å². The molecular weight excluding hydrogens is 495 g/mol. The molecule has 8 heteroatoms. The van der Waals surface area contributed by atoms with Crippen LogP contribution < -0.4 is 19.9 Å². The van der Waals surface area contributed by atoms with E-state index in [0.717, 1.165) is 48.9 Å². The Kier molecular flexibility index (Phi) is 5.47. The van der Waals surface area contributed by atoms with Crippen LogP contribution in [0.25, 0.3) is 22.2 Å². The summed E-state index contributed by atoms with van der Waals surface area (Å²) in [5.74, 6) is 0.953. The van der Waals surface area contributed by atoms with Crippen molar-refractivity contribution >= 4 is 39.4 Å². The number of rotatable bonds is 5. The molecule has 1 saturated heterocycles. The fraction of sp³-hybridized carbons (Fsp3) is 0.161. The van der Waals surface area contributed by atoms with Gasteiger partial charge in [-0.3, -0.25) is 4.79 Å². The van der Waals surface area contributed by atoms with Gasteiger partial charge in [-0.15, -0.1) is 0 Å². The fourth-order valence-corrected chi connectivity index (χ4v) is 5.68. The molecule has 4 aromatic carbocycles. The number of benzene rings is 4. The number of piperazine rings is 1. The Morgan fingerprint density at radius 1 is 0.872 bits per heavy atom. The lowest BCUT2D eigenvalue weighted by molar-refractivity contribution is 0.104. The SMILES string of the molecule is COc1ccccc1N1CCN(c2cc(Nc3cccc(F)c3)c3c4c(onc24)-c2ccccc2C3=O)CC1. The van der Waals surface area contributed by atoms with Crippen molar-refractivity contribution < 1.29 is 18.4 Å². The monoisotopic (exact) mass is 520 g/mol. The van der Waals surface area contributed by atoms with E-state index in [1.807, 2.05) is 42.5 Å². The lowest BCUT2D eigenvalue weighted by Gasteiger charge is -2.38. The maximum Gasteiger partial charge on any atom is 0.196 e. The van der Waals surface area contributed by atoms with E-state index in [2.05, 4.69) is 26.3 Å². The standard InChI is InChI=1S/C31H25FN4O3/c1-38-26-12-5-4-11-24(26)35-13-15-36(16-14-35)25-18-23(33-20-8-6-7-19(32)17-20)27-28-29(25)34-39-31(28)22-10-3-2-9-21(22)30(27)37/h2-12,17-18,33H,13-16H2,1H3. The molecule has 0 saturated carbocycles. The highest BCUT2D eigenvalue weighted by Gasteiger charge is 2.34. The predicted molar refractivity (Wildman–Crippen MR) is 150 cm³/mol. The van der Waals surface area contributed by atoms with Gasteiger partial charge in [0.15, 0.2) is 11.5 Å². The molecule has 0 atom stereocenters. The summed E-state index contributed by atoms with van der Waals surface area (Å²) in [4.78, 5) is 18.4. The van der Waals surface area contributed by atoms with Gasteiger partial charge < -0.3 is 24.4 Å². The third kappa shape index (κ3) is 3.79. The Morgan fingerprint density at radius 3 is 2.36 bits per heavy atom. The number of hydrogen-bond donors (Lipinski definition) is 1. The Morgan fingerprint density at radius 2 is 1.59 bits per heavy atom. The number of hydrogen-bond acceptors (Lipinski definition) is 7. The number of anilines is 4. The molecule has 1 aliphatic carbocycles. The normalized spacial score (nSPS) is 14.5. The molecule has 0 unspecified atom stereocenters. The van der Waals surface area contributed by atoms with Gasteiger partial charge in [0.2, 0.25) is 0 Å². The molecule has 1 N–H and O–H groups in total. The number of nitrogens with zero attached hydrogens (tertiary/aromatic N) is 3. The number of aromatic nitrogens is 1. The van der Waals surface area contributed by atoms with Gasteiger partial charge in [0.25, 0.3) is 0 Å². The summed E-state index contributed by atoms with van der Waals surface area (Å²) in [5, 5.41) is 8.47. The largest absolute Gasteiger partial charge is 0.495 e. The maximum absolute atomic E-state index is 14.1. The molecule has 7 nitrogen and oxygen atoms in total. The zero-order chi connectivity index (χ0) is 26.5. The molecule has 1 aromatic heterocycles. The second kappa shape index (κ2) is 9.16. The molecule has 2 heterocycles. The fourth-order valence-electron chi connectivity index (χ4n) is 5.68. The molecule has 0 amide bonds. The molecule has 39 heavy (non-hydrogen) atoms. The van der Waals surface area contributed by atoms with E-state index in [1.165, 1.54) is 12.1 Å². The minimum atomic E-state index is -0.357. The Bertz CT molecular complexity index is 1740. The second-order valence-corrected chi connectivity index (χ2v) is 9.71. The van der Waals surface area contributed by atoms with Crippen molar-refractivity contribution in [2.45, 2.75) is 0 Å². The van der Waals surface area contributed by atoms with Gasteiger partial charge in [-0.1, -0.05) is 47.6 Å². The average molecular weight is 521 g/mol. The van der Waals surface area contributed by atoms with Gasteiger partial charge in [-0.25, -0.2) is 4.39 Å². The Labute approximate surface area is 224 Å².